The third kappa shape index (κ3) is 1.53. The molecule has 0 unspecified atom stereocenters. The first-order valence-corrected chi connectivity index (χ1v) is 6.07. The van der Waals surface area contributed by atoms with Crippen molar-refractivity contribution in [1.29, 1.82) is 0 Å². The summed E-state index contributed by atoms with van der Waals surface area (Å²) in [6.07, 6.45) is 0. The van der Waals surface area contributed by atoms with E-state index in [0.29, 0.717) is 5.92 Å². The molecule has 0 spiro atoms. The van der Waals surface area contributed by atoms with Gasteiger partial charge in [0.25, 0.3) is 0 Å². The van der Waals surface area contributed by atoms with E-state index in [1.54, 1.807) is 0 Å². The lowest BCUT2D eigenvalue weighted by atomic mass is 9.98. The van der Waals surface area contributed by atoms with E-state index >= 15 is 0 Å². The van der Waals surface area contributed by atoms with Gasteiger partial charge in [-0.1, -0.05) is 13.8 Å². The van der Waals surface area contributed by atoms with E-state index in [2.05, 4.69) is 44.3 Å². The van der Waals surface area contributed by atoms with Crippen LogP contribution in [0.3, 0.4) is 0 Å². The topological polar surface area (TPSA) is 43.8 Å². The van der Waals surface area contributed by atoms with Gasteiger partial charge in [0.05, 0.1) is 16.9 Å². The Morgan fingerprint density at radius 2 is 1.71 bits per heavy atom. The summed E-state index contributed by atoms with van der Waals surface area (Å²) in [6.45, 7) is 10.6. The minimum atomic E-state index is 0.487. The van der Waals surface area contributed by atoms with Crippen LogP contribution >= 0.6 is 0 Å². The monoisotopic (exact) mass is 231 g/mol. The molecule has 0 aliphatic carbocycles. The van der Waals surface area contributed by atoms with Crippen LogP contribution in [0.1, 0.15) is 42.4 Å². The Morgan fingerprint density at radius 3 is 2.24 bits per heavy atom. The Kier molecular flexibility index (Phi) is 2.64. The van der Waals surface area contributed by atoms with Crippen LogP contribution in [0.2, 0.25) is 0 Å². The maximum absolute atomic E-state index is 6.19. The number of aryl methyl sites for hydroxylation is 3. The molecule has 0 aromatic carbocycles. The van der Waals surface area contributed by atoms with Crippen molar-refractivity contribution < 1.29 is 0 Å². The minimum Gasteiger partial charge on any atom is -0.396 e. The van der Waals surface area contributed by atoms with Crippen LogP contribution in [0.25, 0.3) is 10.9 Å². The second kappa shape index (κ2) is 3.76. The van der Waals surface area contributed by atoms with Crippen molar-refractivity contribution in [3.05, 3.63) is 22.6 Å². The number of anilines is 1. The Morgan fingerprint density at radius 1 is 1.12 bits per heavy atom. The van der Waals surface area contributed by atoms with Gasteiger partial charge in [0.2, 0.25) is 0 Å². The predicted molar refractivity (Wildman–Crippen MR) is 73.4 cm³/mol. The summed E-state index contributed by atoms with van der Waals surface area (Å²) in [6, 6.07) is 0. The largest absolute Gasteiger partial charge is 0.396 e. The van der Waals surface area contributed by atoms with Crippen molar-refractivity contribution in [2.45, 2.75) is 40.5 Å². The smallest absolute Gasteiger partial charge is 0.0778 e. The number of nitrogens with zero attached hydrogens (tertiary/aromatic N) is 2. The zero-order chi connectivity index (χ0) is 12.9. The molecule has 3 heteroatoms. The number of fused-ring (bicyclic) bond motifs is 1. The lowest BCUT2D eigenvalue weighted by Gasteiger charge is -2.08. The molecule has 0 atom stereocenters. The van der Waals surface area contributed by atoms with Gasteiger partial charge >= 0.3 is 0 Å². The summed E-state index contributed by atoms with van der Waals surface area (Å²) in [5, 5.41) is 1.24. The molecule has 0 amide bonds. The third-order valence-electron chi connectivity index (χ3n) is 3.65. The lowest BCUT2D eigenvalue weighted by molar-refractivity contribution is 0.829. The van der Waals surface area contributed by atoms with Gasteiger partial charge in [0.15, 0.2) is 0 Å². The number of nitrogen functional groups attached to an aromatic ring is 1. The van der Waals surface area contributed by atoms with Crippen molar-refractivity contribution >= 4 is 16.6 Å². The first-order valence-electron chi connectivity index (χ1n) is 6.07. The van der Waals surface area contributed by atoms with Crippen LogP contribution in [0.4, 0.5) is 5.69 Å². The van der Waals surface area contributed by atoms with Crippen LogP contribution in [0, 0.1) is 20.8 Å². The molecule has 2 heterocycles. The van der Waals surface area contributed by atoms with Gasteiger partial charge in [0.1, 0.15) is 0 Å². The fraction of sp³-hybridized carbons (Fsp3) is 0.500. The number of hydrogen-bond acceptors (Lipinski definition) is 2. The molecule has 17 heavy (non-hydrogen) atoms. The molecule has 0 bridgehead atoms. The minimum absolute atomic E-state index is 0.487. The van der Waals surface area contributed by atoms with E-state index in [1.165, 1.54) is 16.6 Å². The summed E-state index contributed by atoms with van der Waals surface area (Å²) in [7, 11) is 2.08. The van der Waals surface area contributed by atoms with E-state index in [0.717, 1.165) is 22.6 Å². The molecule has 92 valence electrons. The summed E-state index contributed by atoms with van der Waals surface area (Å²) in [4.78, 5) is 4.56. The fourth-order valence-corrected chi connectivity index (χ4v) is 2.75. The molecule has 0 aliphatic rings. The lowest BCUT2D eigenvalue weighted by Crippen LogP contribution is -2.00. The van der Waals surface area contributed by atoms with E-state index in [9.17, 15) is 0 Å². The molecule has 0 radical (unpaired) electrons. The predicted octanol–water partition coefficient (Wildman–Crippen LogP) is 3.20. The number of nitrogens with two attached hydrogens (primary N) is 1. The molecule has 2 N–H and O–H groups in total. The molecule has 0 saturated heterocycles. The van der Waals surface area contributed by atoms with Gasteiger partial charge in [0, 0.05) is 23.8 Å². The Bertz CT molecular complexity index is 592. The molecular formula is C14H21N3. The molecule has 2 aromatic rings. The summed E-state index contributed by atoms with van der Waals surface area (Å²) in [5.41, 5.74) is 12.8. The average molecular weight is 231 g/mol. The van der Waals surface area contributed by atoms with Gasteiger partial charge in [-0.05, 0) is 32.3 Å². The maximum atomic E-state index is 6.19. The van der Waals surface area contributed by atoms with Crippen LogP contribution in [0.15, 0.2) is 0 Å². The van der Waals surface area contributed by atoms with Crippen LogP contribution in [-0.2, 0) is 7.05 Å². The standard InChI is InChI=1S/C14H21N3/c1-7(2)11-10(5)17(6)14-12(11)8(3)16-9(4)13(14)15/h7H,15H2,1-6H3. The zero-order valence-corrected chi connectivity index (χ0v) is 11.5. The van der Waals surface area contributed by atoms with Crippen molar-refractivity contribution in [3.63, 3.8) is 0 Å². The normalized spacial score (nSPS) is 11.7. The number of hydrogen-bond donors (Lipinski definition) is 1. The van der Waals surface area contributed by atoms with Gasteiger partial charge in [-0.25, -0.2) is 0 Å². The van der Waals surface area contributed by atoms with E-state index in [-0.39, 0.29) is 0 Å². The van der Waals surface area contributed by atoms with Crippen molar-refractivity contribution in [2.75, 3.05) is 5.73 Å². The first kappa shape index (κ1) is 12.0. The Labute approximate surface area is 103 Å². The number of aromatic nitrogens is 2. The molecule has 2 aromatic heterocycles. The highest BCUT2D eigenvalue weighted by Gasteiger charge is 2.19. The highest BCUT2D eigenvalue weighted by molar-refractivity contribution is 5.96. The van der Waals surface area contributed by atoms with Gasteiger partial charge in [-0.3, -0.25) is 4.98 Å². The van der Waals surface area contributed by atoms with E-state index in [4.69, 9.17) is 5.73 Å². The van der Waals surface area contributed by atoms with Gasteiger partial charge in [-0.15, -0.1) is 0 Å². The quantitative estimate of drug-likeness (QED) is 0.819. The maximum Gasteiger partial charge on any atom is 0.0778 e. The Hall–Kier alpha value is -1.51. The molecular weight excluding hydrogens is 210 g/mol. The van der Waals surface area contributed by atoms with Crippen LogP contribution < -0.4 is 5.73 Å². The summed E-state index contributed by atoms with van der Waals surface area (Å²) >= 11 is 0. The van der Waals surface area contributed by atoms with Crippen LogP contribution in [-0.4, -0.2) is 9.55 Å². The first-order chi connectivity index (χ1) is 7.86. The summed E-state index contributed by atoms with van der Waals surface area (Å²) in [5.74, 6) is 0.487. The molecule has 0 fully saturated rings. The number of rotatable bonds is 1. The van der Waals surface area contributed by atoms with Crippen molar-refractivity contribution in [3.8, 4) is 0 Å². The van der Waals surface area contributed by atoms with Crippen LogP contribution in [0.5, 0.6) is 0 Å². The third-order valence-corrected chi connectivity index (χ3v) is 3.65. The molecule has 0 aliphatic heterocycles. The number of pyridine rings is 1. The highest BCUT2D eigenvalue weighted by Crippen LogP contribution is 2.36. The highest BCUT2D eigenvalue weighted by atomic mass is 15.0. The van der Waals surface area contributed by atoms with Crippen molar-refractivity contribution in [2.24, 2.45) is 7.05 Å². The van der Waals surface area contributed by atoms with Gasteiger partial charge < -0.3 is 10.3 Å². The second-order valence-corrected chi connectivity index (χ2v) is 5.13. The van der Waals surface area contributed by atoms with E-state index in [1.807, 2.05) is 6.92 Å². The molecule has 0 saturated carbocycles. The second-order valence-electron chi connectivity index (χ2n) is 5.13. The fourth-order valence-electron chi connectivity index (χ4n) is 2.75. The average Bonchev–Trinajstić information content (AvgIpc) is 2.50. The van der Waals surface area contributed by atoms with Gasteiger partial charge in [-0.2, -0.15) is 0 Å². The van der Waals surface area contributed by atoms with Crippen molar-refractivity contribution in [1.82, 2.24) is 9.55 Å². The zero-order valence-electron chi connectivity index (χ0n) is 11.5. The summed E-state index contributed by atoms with van der Waals surface area (Å²) < 4.78 is 2.20. The SMILES string of the molecule is Cc1nc(C)c2c(C(C)C)c(C)n(C)c2c1N. The molecule has 3 nitrogen and oxygen atoms in total. The van der Waals surface area contributed by atoms with E-state index < -0.39 is 0 Å². The Balaban J connectivity index is 3.05. The molecule has 2 rings (SSSR count).